The number of nitro benzene ring substituents is 1. The molecule has 0 aliphatic carbocycles. The number of carbonyl (C=O) groups excluding carboxylic acids is 1. The van der Waals surface area contributed by atoms with Crippen molar-refractivity contribution in [3.63, 3.8) is 0 Å². The van der Waals surface area contributed by atoms with Gasteiger partial charge in [-0.1, -0.05) is 35.9 Å². The maximum Gasteiger partial charge on any atom is 0.288 e. The van der Waals surface area contributed by atoms with Crippen LogP contribution in [0, 0.1) is 17.0 Å². The fraction of sp³-hybridized carbons (Fsp3) is 0.316. The smallest absolute Gasteiger partial charge is 0.288 e. The van der Waals surface area contributed by atoms with E-state index in [2.05, 4.69) is 19.1 Å². The van der Waals surface area contributed by atoms with Gasteiger partial charge in [0.25, 0.3) is 11.6 Å². The lowest BCUT2D eigenvalue weighted by Crippen LogP contribution is -2.33. The standard InChI is InChI=1S/C19H19ClN2O3S/c1-13-4-2-3-5-15(13)18-8-9-21(10-11-26-18)19(23)14-6-7-16(20)17(12-14)22(24)25/h2-7,12,18H,8-11H2,1H3. The Labute approximate surface area is 161 Å². The van der Waals surface area contributed by atoms with E-state index in [1.165, 1.54) is 23.3 Å². The highest BCUT2D eigenvalue weighted by atomic mass is 35.5. The Bertz CT molecular complexity index is 843. The highest BCUT2D eigenvalue weighted by Crippen LogP contribution is 2.36. The predicted octanol–water partition coefficient (Wildman–Crippen LogP) is 4.88. The highest BCUT2D eigenvalue weighted by Gasteiger charge is 2.25. The number of benzene rings is 2. The Morgan fingerprint density at radius 2 is 2.04 bits per heavy atom. The van der Waals surface area contributed by atoms with Crippen LogP contribution in [0.15, 0.2) is 42.5 Å². The zero-order chi connectivity index (χ0) is 18.7. The van der Waals surface area contributed by atoms with E-state index in [1.807, 2.05) is 23.9 Å². The van der Waals surface area contributed by atoms with E-state index in [-0.39, 0.29) is 16.6 Å². The van der Waals surface area contributed by atoms with E-state index in [0.717, 1.165) is 12.2 Å². The molecular formula is C19H19ClN2O3S. The molecule has 1 atom stereocenters. The minimum atomic E-state index is -0.564. The van der Waals surface area contributed by atoms with Gasteiger partial charge in [-0.05, 0) is 36.6 Å². The number of halogens is 1. The van der Waals surface area contributed by atoms with Crippen LogP contribution in [0.1, 0.15) is 33.2 Å². The van der Waals surface area contributed by atoms with Gasteiger partial charge in [-0.3, -0.25) is 14.9 Å². The fourth-order valence-electron chi connectivity index (χ4n) is 3.14. The number of hydrogen-bond donors (Lipinski definition) is 0. The Hall–Kier alpha value is -2.05. The second-order valence-corrected chi connectivity index (χ2v) is 7.94. The summed E-state index contributed by atoms with van der Waals surface area (Å²) >= 11 is 7.69. The molecule has 0 spiro atoms. The summed E-state index contributed by atoms with van der Waals surface area (Å²) < 4.78 is 0. The molecule has 1 aliphatic heterocycles. The monoisotopic (exact) mass is 390 g/mol. The van der Waals surface area contributed by atoms with Crippen molar-refractivity contribution in [1.29, 1.82) is 0 Å². The van der Waals surface area contributed by atoms with Gasteiger partial charge in [0.15, 0.2) is 0 Å². The number of thioether (sulfide) groups is 1. The SMILES string of the molecule is Cc1ccccc1C1CCN(C(=O)c2ccc(Cl)c([N+](=O)[O-])c2)CCS1. The van der Waals surface area contributed by atoms with Crippen LogP contribution in [0.5, 0.6) is 0 Å². The van der Waals surface area contributed by atoms with Crippen molar-refractivity contribution < 1.29 is 9.72 Å². The summed E-state index contributed by atoms with van der Waals surface area (Å²) in [4.78, 5) is 25.1. The number of nitrogens with zero attached hydrogens (tertiary/aromatic N) is 2. The Morgan fingerprint density at radius 3 is 2.77 bits per heavy atom. The Balaban J connectivity index is 1.75. The zero-order valence-corrected chi connectivity index (χ0v) is 15.9. The van der Waals surface area contributed by atoms with E-state index in [9.17, 15) is 14.9 Å². The van der Waals surface area contributed by atoms with Crippen molar-refractivity contribution in [2.45, 2.75) is 18.6 Å². The van der Waals surface area contributed by atoms with Crippen molar-refractivity contribution in [2.75, 3.05) is 18.8 Å². The molecule has 0 saturated carbocycles. The van der Waals surface area contributed by atoms with Gasteiger partial charge in [-0.15, -0.1) is 0 Å². The summed E-state index contributed by atoms with van der Waals surface area (Å²) in [5.74, 6) is 0.649. The summed E-state index contributed by atoms with van der Waals surface area (Å²) in [7, 11) is 0. The molecule has 0 bridgehead atoms. The fourth-order valence-corrected chi connectivity index (χ4v) is 4.65. The van der Waals surface area contributed by atoms with Crippen LogP contribution in [0.2, 0.25) is 5.02 Å². The molecule has 1 heterocycles. The third-order valence-electron chi connectivity index (χ3n) is 4.55. The quantitative estimate of drug-likeness (QED) is 0.553. The highest BCUT2D eigenvalue weighted by molar-refractivity contribution is 7.99. The minimum absolute atomic E-state index is 0.0394. The predicted molar refractivity (Wildman–Crippen MR) is 105 cm³/mol. The molecule has 1 aliphatic rings. The van der Waals surface area contributed by atoms with Crippen LogP contribution >= 0.6 is 23.4 Å². The molecule has 2 aromatic rings. The van der Waals surface area contributed by atoms with Crippen LogP contribution in [0.4, 0.5) is 5.69 Å². The second-order valence-electron chi connectivity index (χ2n) is 6.22. The summed E-state index contributed by atoms with van der Waals surface area (Å²) in [5.41, 5.74) is 2.65. The molecule has 0 N–H and O–H groups in total. The van der Waals surface area contributed by atoms with Gasteiger partial charge < -0.3 is 4.90 Å². The first-order valence-electron chi connectivity index (χ1n) is 8.37. The van der Waals surface area contributed by atoms with Crippen LogP contribution in [0.25, 0.3) is 0 Å². The van der Waals surface area contributed by atoms with Crippen molar-refractivity contribution >= 4 is 35.0 Å². The van der Waals surface area contributed by atoms with Gasteiger partial charge in [0.1, 0.15) is 5.02 Å². The van der Waals surface area contributed by atoms with Gasteiger partial charge in [0.2, 0.25) is 0 Å². The van der Waals surface area contributed by atoms with Crippen LogP contribution in [-0.2, 0) is 0 Å². The van der Waals surface area contributed by atoms with E-state index in [4.69, 9.17) is 11.6 Å². The number of rotatable bonds is 3. The Kier molecular flexibility index (Phi) is 5.84. The first-order valence-corrected chi connectivity index (χ1v) is 9.80. The summed E-state index contributed by atoms with van der Waals surface area (Å²) in [6.45, 7) is 3.36. The first kappa shape index (κ1) is 18.7. The summed E-state index contributed by atoms with van der Waals surface area (Å²) in [6, 6.07) is 12.6. The van der Waals surface area contributed by atoms with Crippen molar-refractivity contribution in [1.82, 2.24) is 4.90 Å². The molecule has 1 amide bonds. The van der Waals surface area contributed by atoms with Gasteiger partial charge >= 0.3 is 0 Å². The molecule has 0 aromatic heterocycles. The van der Waals surface area contributed by atoms with Gasteiger partial charge in [0, 0.05) is 35.7 Å². The average Bonchev–Trinajstić information content (AvgIpc) is 2.88. The lowest BCUT2D eigenvalue weighted by atomic mass is 10.0. The minimum Gasteiger partial charge on any atom is -0.338 e. The lowest BCUT2D eigenvalue weighted by Gasteiger charge is -2.20. The third kappa shape index (κ3) is 4.02. The number of nitro groups is 1. The van der Waals surface area contributed by atoms with Crippen molar-refractivity contribution in [2.24, 2.45) is 0 Å². The molecule has 1 saturated heterocycles. The topological polar surface area (TPSA) is 63.5 Å². The largest absolute Gasteiger partial charge is 0.338 e. The lowest BCUT2D eigenvalue weighted by molar-refractivity contribution is -0.384. The Morgan fingerprint density at radius 1 is 1.27 bits per heavy atom. The van der Waals surface area contributed by atoms with Crippen molar-refractivity contribution in [3.05, 3.63) is 74.3 Å². The van der Waals surface area contributed by atoms with E-state index >= 15 is 0 Å². The van der Waals surface area contributed by atoms with Gasteiger partial charge in [-0.2, -0.15) is 11.8 Å². The van der Waals surface area contributed by atoms with Crippen molar-refractivity contribution in [3.8, 4) is 0 Å². The van der Waals surface area contributed by atoms with E-state index in [1.54, 1.807) is 11.0 Å². The third-order valence-corrected chi connectivity index (χ3v) is 6.18. The van der Waals surface area contributed by atoms with Crippen LogP contribution < -0.4 is 0 Å². The molecule has 26 heavy (non-hydrogen) atoms. The number of hydrogen-bond acceptors (Lipinski definition) is 4. The number of aryl methyl sites for hydroxylation is 1. The van der Waals surface area contributed by atoms with Crippen LogP contribution in [0.3, 0.4) is 0 Å². The van der Waals surface area contributed by atoms with Crippen LogP contribution in [-0.4, -0.2) is 34.6 Å². The van der Waals surface area contributed by atoms with Gasteiger partial charge in [-0.25, -0.2) is 0 Å². The maximum absolute atomic E-state index is 12.8. The molecule has 1 fully saturated rings. The molecule has 2 aromatic carbocycles. The maximum atomic E-state index is 12.8. The normalized spacial score (nSPS) is 17.6. The molecule has 0 radical (unpaired) electrons. The number of carbonyl (C=O) groups is 1. The first-order chi connectivity index (χ1) is 12.5. The number of amides is 1. The van der Waals surface area contributed by atoms with Gasteiger partial charge in [0.05, 0.1) is 4.92 Å². The molecule has 7 heteroatoms. The zero-order valence-electron chi connectivity index (χ0n) is 14.4. The summed E-state index contributed by atoms with van der Waals surface area (Å²) in [6.07, 6.45) is 0.858. The molecular weight excluding hydrogens is 372 g/mol. The van der Waals surface area contributed by atoms with E-state index in [0.29, 0.717) is 23.9 Å². The molecule has 5 nitrogen and oxygen atoms in total. The molecule has 1 unspecified atom stereocenters. The second kappa shape index (κ2) is 8.10. The van der Waals surface area contributed by atoms with E-state index < -0.39 is 4.92 Å². The molecule has 136 valence electrons. The average molecular weight is 391 g/mol. The molecule has 3 rings (SSSR count). The summed E-state index contributed by atoms with van der Waals surface area (Å²) in [5, 5.41) is 11.4.